The molecule has 2 rings (SSSR count). The molecular weight excluding hydrogens is 302 g/mol. The number of nitrogens with one attached hydrogen (secondary N) is 1. The van der Waals surface area contributed by atoms with Crippen molar-refractivity contribution in [2.75, 3.05) is 6.54 Å². The minimum Gasteiger partial charge on any atom is -0.354 e. The van der Waals surface area contributed by atoms with Crippen LogP contribution in [0.2, 0.25) is 5.02 Å². The fourth-order valence-corrected chi connectivity index (χ4v) is 2.07. The number of nitrogens with zero attached hydrogens (tertiary/aromatic N) is 4. The Morgan fingerprint density at radius 3 is 2.59 bits per heavy atom. The van der Waals surface area contributed by atoms with Crippen LogP contribution in [-0.2, 0) is 4.79 Å². The molecule has 1 aromatic heterocycles. The maximum atomic E-state index is 12.2. The van der Waals surface area contributed by atoms with Gasteiger partial charge in [0.2, 0.25) is 11.7 Å². The summed E-state index contributed by atoms with van der Waals surface area (Å²) < 4.78 is 0. The van der Waals surface area contributed by atoms with Gasteiger partial charge in [-0.3, -0.25) is 4.79 Å². The molecule has 0 bridgehead atoms. The van der Waals surface area contributed by atoms with Crippen molar-refractivity contribution in [2.45, 2.75) is 33.2 Å². The van der Waals surface area contributed by atoms with E-state index in [0.29, 0.717) is 29.7 Å². The third-order valence-electron chi connectivity index (χ3n) is 3.18. The monoisotopic (exact) mass is 321 g/mol. The van der Waals surface area contributed by atoms with Gasteiger partial charge in [0.1, 0.15) is 0 Å². The second kappa shape index (κ2) is 7.35. The number of amides is 1. The van der Waals surface area contributed by atoms with Crippen molar-refractivity contribution in [1.82, 2.24) is 25.5 Å². The first-order chi connectivity index (χ1) is 10.5. The summed E-state index contributed by atoms with van der Waals surface area (Å²) in [5, 5.41) is 15.9. The van der Waals surface area contributed by atoms with Crippen LogP contribution in [-0.4, -0.2) is 32.7 Å². The van der Waals surface area contributed by atoms with Crippen LogP contribution in [0.3, 0.4) is 0 Å². The average Bonchev–Trinajstić information content (AvgIpc) is 2.96. The van der Waals surface area contributed by atoms with Crippen molar-refractivity contribution >= 4 is 17.5 Å². The van der Waals surface area contributed by atoms with Crippen LogP contribution in [0, 0.1) is 5.92 Å². The molecule has 1 heterocycles. The van der Waals surface area contributed by atoms with Gasteiger partial charge < -0.3 is 5.32 Å². The third kappa shape index (κ3) is 4.04. The number of carbonyl (C=O) groups excluding carboxylic acids is 1. The summed E-state index contributed by atoms with van der Waals surface area (Å²) in [6.07, 6.45) is 0.598. The molecule has 6 nitrogen and oxygen atoms in total. The van der Waals surface area contributed by atoms with E-state index in [0.717, 1.165) is 5.56 Å². The van der Waals surface area contributed by atoms with Gasteiger partial charge in [0.05, 0.1) is 0 Å². The van der Waals surface area contributed by atoms with E-state index < -0.39 is 6.04 Å². The Bertz CT molecular complexity index is 623. The summed E-state index contributed by atoms with van der Waals surface area (Å²) in [5.41, 5.74) is 0.813. The van der Waals surface area contributed by atoms with Gasteiger partial charge in [-0.1, -0.05) is 32.4 Å². The fraction of sp³-hybridized carbons (Fsp3) is 0.467. The van der Waals surface area contributed by atoms with Gasteiger partial charge in [-0.25, -0.2) is 0 Å². The van der Waals surface area contributed by atoms with Crippen LogP contribution in [0.5, 0.6) is 0 Å². The third-order valence-corrected chi connectivity index (χ3v) is 3.44. The van der Waals surface area contributed by atoms with Crippen LogP contribution in [0.1, 0.15) is 33.2 Å². The van der Waals surface area contributed by atoms with Crippen LogP contribution in [0.15, 0.2) is 24.3 Å². The van der Waals surface area contributed by atoms with Gasteiger partial charge in [0.15, 0.2) is 6.04 Å². The van der Waals surface area contributed by atoms with E-state index in [4.69, 9.17) is 11.6 Å². The Hall–Kier alpha value is -1.95. The van der Waals surface area contributed by atoms with E-state index in [9.17, 15) is 4.79 Å². The molecule has 0 radical (unpaired) electrons. The SMILES string of the molecule is CCC(C(=O)NCC(C)C)n1nnc(-c2ccc(Cl)cc2)n1. The Labute approximate surface area is 134 Å². The predicted molar refractivity (Wildman–Crippen MR) is 85.4 cm³/mol. The summed E-state index contributed by atoms with van der Waals surface area (Å²) in [4.78, 5) is 13.6. The number of benzene rings is 1. The maximum absolute atomic E-state index is 12.2. The van der Waals surface area contributed by atoms with Gasteiger partial charge in [0.25, 0.3) is 0 Å². The first-order valence-electron chi connectivity index (χ1n) is 7.34. The van der Waals surface area contributed by atoms with Crippen molar-refractivity contribution in [3.05, 3.63) is 29.3 Å². The number of halogens is 1. The highest BCUT2D eigenvalue weighted by Gasteiger charge is 2.21. The van der Waals surface area contributed by atoms with Crippen molar-refractivity contribution < 1.29 is 4.79 Å². The molecule has 1 atom stereocenters. The van der Waals surface area contributed by atoms with Crippen LogP contribution >= 0.6 is 11.6 Å². The molecule has 0 aliphatic heterocycles. The standard InChI is InChI=1S/C15H20ClN5O/c1-4-13(15(22)17-9-10(2)3)21-19-14(18-20-21)11-5-7-12(16)8-6-11/h5-8,10,13H,4,9H2,1-3H3,(H,17,22). The molecule has 7 heteroatoms. The number of aromatic nitrogens is 4. The fourth-order valence-electron chi connectivity index (χ4n) is 1.95. The lowest BCUT2D eigenvalue weighted by molar-refractivity contribution is -0.125. The lowest BCUT2D eigenvalue weighted by Crippen LogP contribution is -2.35. The van der Waals surface area contributed by atoms with E-state index in [1.54, 1.807) is 12.1 Å². The number of tetrazole rings is 1. The molecule has 0 spiro atoms. The molecule has 1 amide bonds. The Morgan fingerprint density at radius 1 is 1.32 bits per heavy atom. The minimum absolute atomic E-state index is 0.0868. The van der Waals surface area contributed by atoms with Gasteiger partial charge in [-0.05, 0) is 41.8 Å². The second-order valence-corrected chi connectivity index (χ2v) is 5.94. The smallest absolute Gasteiger partial charge is 0.246 e. The molecule has 1 unspecified atom stereocenters. The predicted octanol–water partition coefficient (Wildman–Crippen LogP) is 2.72. The molecule has 118 valence electrons. The summed E-state index contributed by atoms with van der Waals surface area (Å²) in [6, 6.07) is 6.73. The molecular formula is C15H20ClN5O. The van der Waals surface area contributed by atoms with Gasteiger partial charge in [0, 0.05) is 17.1 Å². The zero-order valence-electron chi connectivity index (χ0n) is 13.0. The Morgan fingerprint density at radius 2 is 2.00 bits per heavy atom. The van der Waals surface area contributed by atoms with Crippen molar-refractivity contribution in [2.24, 2.45) is 5.92 Å². The molecule has 22 heavy (non-hydrogen) atoms. The quantitative estimate of drug-likeness (QED) is 0.888. The van der Waals surface area contributed by atoms with E-state index in [1.807, 2.05) is 32.9 Å². The highest BCUT2D eigenvalue weighted by Crippen LogP contribution is 2.18. The lowest BCUT2D eigenvalue weighted by Gasteiger charge is -2.14. The summed E-state index contributed by atoms with van der Waals surface area (Å²) in [5.74, 6) is 0.790. The zero-order valence-corrected chi connectivity index (χ0v) is 13.7. The number of hydrogen-bond acceptors (Lipinski definition) is 4. The van der Waals surface area contributed by atoms with Gasteiger partial charge in [-0.15, -0.1) is 10.2 Å². The van der Waals surface area contributed by atoms with E-state index in [1.165, 1.54) is 4.80 Å². The minimum atomic E-state index is -0.452. The Kier molecular flexibility index (Phi) is 5.49. The lowest BCUT2D eigenvalue weighted by atomic mass is 10.2. The second-order valence-electron chi connectivity index (χ2n) is 5.50. The first kappa shape index (κ1) is 16.4. The summed E-state index contributed by atoms with van der Waals surface area (Å²) >= 11 is 5.86. The maximum Gasteiger partial charge on any atom is 0.246 e. The number of rotatable bonds is 6. The van der Waals surface area contributed by atoms with Gasteiger partial charge >= 0.3 is 0 Å². The van der Waals surface area contributed by atoms with Crippen LogP contribution in [0.25, 0.3) is 11.4 Å². The van der Waals surface area contributed by atoms with Crippen LogP contribution < -0.4 is 5.32 Å². The molecule has 2 aromatic rings. The van der Waals surface area contributed by atoms with E-state index in [-0.39, 0.29) is 5.91 Å². The number of hydrogen-bond donors (Lipinski definition) is 1. The van der Waals surface area contributed by atoms with Crippen LogP contribution in [0.4, 0.5) is 0 Å². The van der Waals surface area contributed by atoms with E-state index >= 15 is 0 Å². The summed E-state index contributed by atoms with van der Waals surface area (Å²) in [7, 11) is 0. The largest absolute Gasteiger partial charge is 0.354 e. The zero-order chi connectivity index (χ0) is 16.1. The van der Waals surface area contributed by atoms with Crippen molar-refractivity contribution in [1.29, 1.82) is 0 Å². The molecule has 1 aromatic carbocycles. The molecule has 0 aliphatic carbocycles. The Balaban J connectivity index is 2.14. The highest BCUT2D eigenvalue weighted by atomic mass is 35.5. The highest BCUT2D eigenvalue weighted by molar-refractivity contribution is 6.30. The molecule has 0 saturated carbocycles. The molecule has 1 N–H and O–H groups in total. The summed E-state index contributed by atoms with van der Waals surface area (Å²) in [6.45, 7) is 6.65. The topological polar surface area (TPSA) is 72.7 Å². The molecule has 0 aliphatic rings. The van der Waals surface area contributed by atoms with E-state index in [2.05, 4.69) is 20.7 Å². The average molecular weight is 322 g/mol. The number of carbonyl (C=O) groups is 1. The van der Waals surface area contributed by atoms with Crippen molar-refractivity contribution in [3.63, 3.8) is 0 Å². The first-order valence-corrected chi connectivity index (χ1v) is 7.72. The molecule has 0 fully saturated rings. The van der Waals surface area contributed by atoms with Crippen molar-refractivity contribution in [3.8, 4) is 11.4 Å². The van der Waals surface area contributed by atoms with Gasteiger partial charge in [-0.2, -0.15) is 4.80 Å². The molecule has 0 saturated heterocycles. The normalized spacial score (nSPS) is 12.4.